The lowest BCUT2D eigenvalue weighted by Crippen LogP contribution is -2.03. The van der Waals surface area contributed by atoms with Crippen molar-refractivity contribution in [2.45, 2.75) is 26.7 Å². The van der Waals surface area contributed by atoms with Gasteiger partial charge in [-0.15, -0.1) is 0 Å². The molecule has 4 aromatic rings. The first-order valence-electron chi connectivity index (χ1n) is 10.4. The van der Waals surface area contributed by atoms with Gasteiger partial charge in [-0.3, -0.25) is 0 Å². The molecule has 0 radical (unpaired) electrons. The van der Waals surface area contributed by atoms with E-state index in [1.807, 2.05) is 72.8 Å². The van der Waals surface area contributed by atoms with E-state index >= 15 is 0 Å². The lowest BCUT2D eigenvalue weighted by molar-refractivity contribution is 0.268. The predicted molar refractivity (Wildman–Crippen MR) is 124 cm³/mol. The monoisotopic (exact) mass is 410 g/mol. The van der Waals surface area contributed by atoms with Gasteiger partial charge in [0.15, 0.2) is 0 Å². The molecular formula is C27H26N2O2. The van der Waals surface area contributed by atoms with E-state index in [1.54, 1.807) is 0 Å². The molecule has 0 aliphatic carbocycles. The highest BCUT2D eigenvalue weighted by molar-refractivity contribution is 5.70. The topological polar surface area (TPSA) is 57.4 Å². The largest absolute Gasteiger partial charge is 0.473 e. The lowest BCUT2D eigenvalue weighted by atomic mass is 10.0. The summed E-state index contributed by atoms with van der Waals surface area (Å²) in [7, 11) is 0. The number of hydrogen-bond donors (Lipinski definition) is 1. The van der Waals surface area contributed by atoms with Gasteiger partial charge in [0, 0.05) is 18.2 Å². The van der Waals surface area contributed by atoms with Crippen LogP contribution in [-0.2, 0) is 19.8 Å². The van der Waals surface area contributed by atoms with E-state index in [2.05, 4.69) is 30.1 Å². The highest BCUT2D eigenvalue weighted by Gasteiger charge is 2.12. The van der Waals surface area contributed by atoms with E-state index in [0.717, 1.165) is 33.4 Å². The molecule has 0 aliphatic rings. The average molecular weight is 411 g/mol. The zero-order valence-corrected chi connectivity index (χ0v) is 17.6. The molecular weight excluding hydrogens is 384 g/mol. The molecule has 156 valence electrons. The molecule has 31 heavy (non-hydrogen) atoms. The standard InChI is InChI=1S/C27H26N2O2/c1-20-16-23(12-13-24(20)17-28)25-14-15-26(30-18-21-8-4-2-5-9-21)29-27(25)31-19-22-10-6-3-7-11-22/h2-16H,17-19,28H2,1H3. The van der Waals surface area contributed by atoms with E-state index in [4.69, 9.17) is 15.2 Å². The maximum atomic E-state index is 6.15. The maximum absolute atomic E-state index is 6.15. The highest BCUT2D eigenvalue weighted by atomic mass is 16.5. The summed E-state index contributed by atoms with van der Waals surface area (Å²) in [5.41, 5.74) is 12.3. The lowest BCUT2D eigenvalue weighted by Gasteiger charge is -2.14. The smallest absolute Gasteiger partial charge is 0.225 e. The summed E-state index contributed by atoms with van der Waals surface area (Å²) in [6, 6.07) is 30.3. The van der Waals surface area contributed by atoms with E-state index in [9.17, 15) is 0 Å². The van der Waals surface area contributed by atoms with E-state index < -0.39 is 0 Å². The Morgan fingerprint density at radius 3 is 2.00 bits per heavy atom. The fraction of sp³-hybridized carbons (Fsp3) is 0.148. The molecule has 0 aliphatic heterocycles. The number of nitrogens with two attached hydrogens (primary N) is 1. The number of pyridine rings is 1. The fourth-order valence-corrected chi connectivity index (χ4v) is 3.38. The quantitative estimate of drug-likeness (QED) is 0.406. The van der Waals surface area contributed by atoms with Gasteiger partial charge in [-0.2, -0.15) is 4.98 Å². The van der Waals surface area contributed by atoms with Crippen LogP contribution in [-0.4, -0.2) is 4.98 Å². The first-order chi connectivity index (χ1) is 15.2. The summed E-state index contributed by atoms with van der Waals surface area (Å²) < 4.78 is 12.1. The van der Waals surface area contributed by atoms with Crippen LogP contribution in [0, 0.1) is 6.92 Å². The van der Waals surface area contributed by atoms with E-state index in [1.165, 1.54) is 0 Å². The van der Waals surface area contributed by atoms with Crippen LogP contribution < -0.4 is 15.2 Å². The molecule has 0 amide bonds. The van der Waals surface area contributed by atoms with Crippen LogP contribution in [0.3, 0.4) is 0 Å². The average Bonchev–Trinajstić information content (AvgIpc) is 2.83. The molecule has 0 unspecified atom stereocenters. The number of benzene rings is 3. The van der Waals surface area contributed by atoms with Crippen molar-refractivity contribution in [2.75, 3.05) is 0 Å². The van der Waals surface area contributed by atoms with Crippen molar-refractivity contribution in [3.63, 3.8) is 0 Å². The minimum atomic E-state index is 0.433. The summed E-state index contributed by atoms with van der Waals surface area (Å²) in [4.78, 5) is 4.68. The molecule has 0 fully saturated rings. The Kier molecular flexibility index (Phi) is 6.60. The third kappa shape index (κ3) is 5.30. The number of ether oxygens (including phenoxy) is 2. The molecule has 0 saturated heterocycles. The van der Waals surface area contributed by atoms with Gasteiger partial charge in [0.05, 0.1) is 0 Å². The molecule has 2 N–H and O–H groups in total. The summed E-state index contributed by atoms with van der Waals surface area (Å²) in [6.07, 6.45) is 0. The zero-order valence-electron chi connectivity index (χ0n) is 17.6. The summed E-state index contributed by atoms with van der Waals surface area (Å²) in [5.74, 6) is 1.08. The molecule has 0 bridgehead atoms. The van der Waals surface area contributed by atoms with Crippen LogP contribution in [0.5, 0.6) is 11.8 Å². The van der Waals surface area contributed by atoms with Crippen molar-refractivity contribution in [1.82, 2.24) is 4.98 Å². The molecule has 4 heteroatoms. The van der Waals surface area contributed by atoms with Gasteiger partial charge in [-0.1, -0.05) is 78.9 Å². The van der Waals surface area contributed by atoms with Crippen molar-refractivity contribution in [1.29, 1.82) is 0 Å². The minimum Gasteiger partial charge on any atom is -0.473 e. The Balaban J connectivity index is 1.61. The van der Waals surface area contributed by atoms with Crippen LogP contribution in [0.25, 0.3) is 11.1 Å². The van der Waals surface area contributed by atoms with Crippen molar-refractivity contribution in [2.24, 2.45) is 5.73 Å². The molecule has 0 atom stereocenters. The van der Waals surface area contributed by atoms with Crippen LogP contribution in [0.4, 0.5) is 0 Å². The molecule has 4 rings (SSSR count). The van der Waals surface area contributed by atoms with Crippen molar-refractivity contribution in [3.8, 4) is 22.9 Å². The van der Waals surface area contributed by atoms with E-state index in [0.29, 0.717) is 31.5 Å². The van der Waals surface area contributed by atoms with Crippen LogP contribution in [0.15, 0.2) is 91.0 Å². The Morgan fingerprint density at radius 2 is 1.39 bits per heavy atom. The molecule has 1 heterocycles. The molecule has 1 aromatic heterocycles. The number of rotatable bonds is 8. The normalized spacial score (nSPS) is 10.6. The number of nitrogens with zero attached hydrogens (tertiary/aromatic N) is 1. The zero-order chi connectivity index (χ0) is 21.5. The van der Waals surface area contributed by atoms with Gasteiger partial charge < -0.3 is 15.2 Å². The SMILES string of the molecule is Cc1cc(-c2ccc(OCc3ccccc3)nc2OCc2ccccc2)ccc1CN. The van der Waals surface area contributed by atoms with Gasteiger partial charge in [-0.25, -0.2) is 0 Å². The Labute approximate surface area is 183 Å². The summed E-state index contributed by atoms with van der Waals surface area (Å²) in [6.45, 7) is 3.48. The summed E-state index contributed by atoms with van der Waals surface area (Å²) in [5, 5.41) is 0. The van der Waals surface area contributed by atoms with E-state index in [-0.39, 0.29) is 0 Å². The van der Waals surface area contributed by atoms with Crippen molar-refractivity contribution in [3.05, 3.63) is 113 Å². The molecule has 4 nitrogen and oxygen atoms in total. The Morgan fingerprint density at radius 1 is 0.742 bits per heavy atom. The number of hydrogen-bond acceptors (Lipinski definition) is 4. The third-order valence-electron chi connectivity index (χ3n) is 5.16. The van der Waals surface area contributed by atoms with Gasteiger partial charge in [0.2, 0.25) is 11.8 Å². The van der Waals surface area contributed by atoms with Crippen LogP contribution in [0.1, 0.15) is 22.3 Å². The van der Waals surface area contributed by atoms with Gasteiger partial charge in [-0.05, 0) is 40.8 Å². The van der Waals surface area contributed by atoms with Gasteiger partial charge in [0.1, 0.15) is 13.2 Å². The maximum Gasteiger partial charge on any atom is 0.225 e. The first-order valence-corrected chi connectivity index (χ1v) is 10.4. The van der Waals surface area contributed by atoms with Gasteiger partial charge in [0.25, 0.3) is 0 Å². The Hall–Kier alpha value is -3.63. The second kappa shape index (κ2) is 9.92. The fourth-order valence-electron chi connectivity index (χ4n) is 3.38. The molecule has 3 aromatic carbocycles. The summed E-state index contributed by atoms with van der Waals surface area (Å²) >= 11 is 0. The van der Waals surface area contributed by atoms with Crippen LogP contribution >= 0.6 is 0 Å². The second-order valence-corrected chi connectivity index (χ2v) is 7.40. The molecule has 0 saturated carbocycles. The van der Waals surface area contributed by atoms with Crippen molar-refractivity contribution < 1.29 is 9.47 Å². The number of aromatic nitrogens is 1. The highest BCUT2D eigenvalue weighted by Crippen LogP contribution is 2.32. The third-order valence-corrected chi connectivity index (χ3v) is 5.16. The number of aryl methyl sites for hydroxylation is 1. The second-order valence-electron chi connectivity index (χ2n) is 7.40. The van der Waals surface area contributed by atoms with Gasteiger partial charge >= 0.3 is 0 Å². The van der Waals surface area contributed by atoms with Crippen molar-refractivity contribution >= 4 is 0 Å². The first kappa shape index (κ1) is 20.6. The Bertz CT molecular complexity index is 1130. The van der Waals surface area contributed by atoms with Crippen LogP contribution in [0.2, 0.25) is 0 Å². The minimum absolute atomic E-state index is 0.433. The molecule has 0 spiro atoms. The predicted octanol–water partition coefficient (Wildman–Crippen LogP) is 5.67.